The molecule has 0 aliphatic rings. The third-order valence-electron chi connectivity index (χ3n) is 2.70. The number of carbonyl (C=O) groups excluding carboxylic acids is 1. The van der Waals surface area contributed by atoms with Crippen molar-refractivity contribution in [3.8, 4) is 0 Å². The van der Waals surface area contributed by atoms with Crippen molar-refractivity contribution in [1.82, 2.24) is 0 Å². The molecule has 0 aromatic heterocycles. The van der Waals surface area contributed by atoms with E-state index in [0.29, 0.717) is 18.8 Å². The molecule has 0 fully saturated rings. The summed E-state index contributed by atoms with van der Waals surface area (Å²) in [4.78, 5) is 24.9. The molecule has 0 unspecified atom stereocenters. The number of esters is 1. The molecule has 0 atom stereocenters. The van der Waals surface area contributed by atoms with Crippen LogP contribution in [-0.2, 0) is 4.74 Å². The Morgan fingerprint density at radius 3 is 2.35 bits per heavy atom. The minimum absolute atomic E-state index is 0.0237. The SMILES string of the molecule is C=CCN(CC=C)c1cccc(C(=O)OC)c1C(=O)O. The Bertz CT molecular complexity index is 527. The molecule has 0 saturated heterocycles. The van der Waals surface area contributed by atoms with Crippen molar-refractivity contribution in [2.24, 2.45) is 0 Å². The fraction of sp³-hybridized carbons (Fsp3) is 0.200. The van der Waals surface area contributed by atoms with Gasteiger partial charge in [0.05, 0.1) is 23.9 Å². The lowest BCUT2D eigenvalue weighted by atomic mass is 10.0. The molecule has 0 aliphatic carbocycles. The van der Waals surface area contributed by atoms with Gasteiger partial charge in [0, 0.05) is 13.1 Å². The van der Waals surface area contributed by atoms with E-state index < -0.39 is 11.9 Å². The van der Waals surface area contributed by atoms with Gasteiger partial charge in [-0.25, -0.2) is 9.59 Å². The largest absolute Gasteiger partial charge is 0.478 e. The smallest absolute Gasteiger partial charge is 0.338 e. The van der Waals surface area contributed by atoms with Crippen LogP contribution in [0.1, 0.15) is 20.7 Å². The second kappa shape index (κ2) is 7.13. The summed E-state index contributed by atoms with van der Waals surface area (Å²) in [6.45, 7) is 8.17. The number of hydrogen-bond acceptors (Lipinski definition) is 4. The summed E-state index contributed by atoms with van der Waals surface area (Å²) in [5.74, 6) is -1.86. The van der Waals surface area contributed by atoms with Crippen LogP contribution in [0.15, 0.2) is 43.5 Å². The van der Waals surface area contributed by atoms with Crippen molar-refractivity contribution in [2.45, 2.75) is 0 Å². The molecule has 0 aliphatic heterocycles. The van der Waals surface area contributed by atoms with Crippen LogP contribution >= 0.6 is 0 Å². The lowest BCUT2D eigenvalue weighted by Crippen LogP contribution is -2.26. The van der Waals surface area contributed by atoms with Gasteiger partial charge >= 0.3 is 11.9 Å². The van der Waals surface area contributed by atoms with Gasteiger partial charge in [-0.05, 0) is 12.1 Å². The zero-order chi connectivity index (χ0) is 15.1. The van der Waals surface area contributed by atoms with Gasteiger partial charge in [-0.2, -0.15) is 0 Å². The fourth-order valence-corrected chi connectivity index (χ4v) is 1.89. The predicted octanol–water partition coefficient (Wildman–Crippen LogP) is 2.35. The zero-order valence-electron chi connectivity index (χ0n) is 11.3. The lowest BCUT2D eigenvalue weighted by molar-refractivity contribution is 0.0583. The highest BCUT2D eigenvalue weighted by Gasteiger charge is 2.23. The normalized spacial score (nSPS) is 9.65. The highest BCUT2D eigenvalue weighted by molar-refractivity contribution is 6.06. The minimum Gasteiger partial charge on any atom is -0.478 e. The zero-order valence-corrected chi connectivity index (χ0v) is 11.3. The standard InChI is InChI=1S/C15H17NO4/c1-4-9-16(10-5-2)12-8-6-7-11(15(19)20-3)13(12)14(17)18/h4-8H,1-2,9-10H2,3H3,(H,17,18). The van der Waals surface area contributed by atoms with E-state index in [4.69, 9.17) is 0 Å². The second-order valence-electron chi connectivity index (χ2n) is 3.98. The van der Waals surface area contributed by atoms with E-state index >= 15 is 0 Å². The lowest BCUT2D eigenvalue weighted by Gasteiger charge is -2.24. The molecule has 1 rings (SSSR count). The third kappa shape index (κ3) is 3.26. The number of methoxy groups -OCH3 is 1. The minimum atomic E-state index is -1.18. The molecule has 0 saturated carbocycles. The van der Waals surface area contributed by atoms with Crippen molar-refractivity contribution >= 4 is 17.6 Å². The maximum Gasteiger partial charge on any atom is 0.338 e. The van der Waals surface area contributed by atoms with Crippen LogP contribution in [0.25, 0.3) is 0 Å². The number of benzene rings is 1. The quantitative estimate of drug-likeness (QED) is 0.611. The van der Waals surface area contributed by atoms with Crippen LogP contribution < -0.4 is 4.90 Å². The molecule has 1 aromatic carbocycles. The Hall–Kier alpha value is -2.56. The molecule has 0 radical (unpaired) electrons. The molecule has 0 spiro atoms. The van der Waals surface area contributed by atoms with E-state index in [1.807, 2.05) is 0 Å². The van der Waals surface area contributed by atoms with Crippen molar-refractivity contribution in [1.29, 1.82) is 0 Å². The van der Waals surface area contributed by atoms with Crippen LogP contribution in [0.2, 0.25) is 0 Å². The highest BCUT2D eigenvalue weighted by Crippen LogP contribution is 2.25. The number of carboxylic acids is 1. The van der Waals surface area contributed by atoms with Gasteiger partial charge in [0.15, 0.2) is 0 Å². The maximum atomic E-state index is 11.7. The molecule has 0 heterocycles. The average Bonchev–Trinajstić information content (AvgIpc) is 2.45. The van der Waals surface area contributed by atoms with Crippen LogP contribution in [0.3, 0.4) is 0 Å². The topological polar surface area (TPSA) is 66.8 Å². The van der Waals surface area contributed by atoms with Crippen molar-refractivity contribution in [3.63, 3.8) is 0 Å². The number of hydrogen-bond donors (Lipinski definition) is 1. The molecule has 0 amide bonds. The Balaban J connectivity index is 3.44. The molecule has 1 aromatic rings. The van der Waals surface area contributed by atoms with E-state index in [1.165, 1.54) is 13.2 Å². The molecule has 5 nitrogen and oxygen atoms in total. The molecular weight excluding hydrogens is 258 g/mol. The first kappa shape index (κ1) is 15.5. The first-order chi connectivity index (χ1) is 9.56. The molecule has 106 valence electrons. The van der Waals surface area contributed by atoms with Gasteiger partial charge in [0.1, 0.15) is 0 Å². The summed E-state index contributed by atoms with van der Waals surface area (Å²) in [7, 11) is 1.21. The van der Waals surface area contributed by atoms with Crippen molar-refractivity contribution in [2.75, 3.05) is 25.1 Å². The van der Waals surface area contributed by atoms with Crippen LogP contribution in [0, 0.1) is 0 Å². The van der Waals surface area contributed by atoms with E-state index in [-0.39, 0.29) is 11.1 Å². The summed E-state index contributed by atoms with van der Waals surface area (Å²) in [6, 6.07) is 4.69. The number of aromatic carboxylic acids is 1. The fourth-order valence-electron chi connectivity index (χ4n) is 1.89. The van der Waals surface area contributed by atoms with Gasteiger partial charge in [-0.15, -0.1) is 13.2 Å². The highest BCUT2D eigenvalue weighted by atomic mass is 16.5. The van der Waals surface area contributed by atoms with E-state index in [1.54, 1.807) is 29.2 Å². The summed E-state index contributed by atoms with van der Waals surface area (Å²) >= 11 is 0. The summed E-state index contributed by atoms with van der Waals surface area (Å²) in [5.41, 5.74) is 0.374. The van der Waals surface area contributed by atoms with Crippen LogP contribution in [0.5, 0.6) is 0 Å². The van der Waals surface area contributed by atoms with E-state index in [0.717, 1.165) is 0 Å². The molecular formula is C15H17NO4. The van der Waals surface area contributed by atoms with E-state index in [9.17, 15) is 14.7 Å². The number of anilines is 1. The van der Waals surface area contributed by atoms with E-state index in [2.05, 4.69) is 17.9 Å². The number of nitrogens with zero attached hydrogens (tertiary/aromatic N) is 1. The predicted molar refractivity (Wildman–Crippen MR) is 77.3 cm³/mol. The number of rotatable bonds is 7. The first-order valence-corrected chi connectivity index (χ1v) is 5.98. The van der Waals surface area contributed by atoms with Gasteiger partial charge in [0.25, 0.3) is 0 Å². The maximum absolute atomic E-state index is 11.7. The molecule has 0 bridgehead atoms. The Kier molecular flexibility index (Phi) is 5.53. The monoisotopic (exact) mass is 275 g/mol. The first-order valence-electron chi connectivity index (χ1n) is 5.98. The third-order valence-corrected chi connectivity index (χ3v) is 2.70. The Morgan fingerprint density at radius 2 is 1.90 bits per heavy atom. The summed E-state index contributed by atoms with van der Waals surface area (Å²) < 4.78 is 4.62. The van der Waals surface area contributed by atoms with Gasteiger partial charge in [0.2, 0.25) is 0 Å². The van der Waals surface area contributed by atoms with Crippen molar-refractivity contribution in [3.05, 3.63) is 54.6 Å². The summed E-state index contributed by atoms with van der Waals surface area (Å²) in [6.07, 6.45) is 3.31. The van der Waals surface area contributed by atoms with Crippen LogP contribution in [0.4, 0.5) is 5.69 Å². The van der Waals surface area contributed by atoms with Crippen molar-refractivity contribution < 1.29 is 19.4 Å². The van der Waals surface area contributed by atoms with Gasteiger partial charge in [-0.3, -0.25) is 0 Å². The van der Waals surface area contributed by atoms with Gasteiger partial charge in [-0.1, -0.05) is 18.2 Å². The van der Waals surface area contributed by atoms with Gasteiger partial charge < -0.3 is 14.7 Å². The molecule has 5 heteroatoms. The number of ether oxygens (including phenoxy) is 1. The average molecular weight is 275 g/mol. The summed E-state index contributed by atoms with van der Waals surface area (Å²) in [5, 5.41) is 9.39. The molecule has 1 N–H and O–H groups in total. The molecule has 20 heavy (non-hydrogen) atoms. The second-order valence-corrected chi connectivity index (χ2v) is 3.98. The van der Waals surface area contributed by atoms with Crippen LogP contribution in [-0.4, -0.2) is 37.2 Å². The number of carboxylic acid groups (broad SMARTS) is 1. The Labute approximate surface area is 117 Å². The number of carbonyl (C=O) groups is 2. The Morgan fingerprint density at radius 1 is 1.30 bits per heavy atom.